The molecule has 1 aromatic heterocycles. The van der Waals surface area contributed by atoms with Crippen molar-refractivity contribution < 1.29 is 0 Å². The van der Waals surface area contributed by atoms with Crippen LogP contribution < -0.4 is 11.1 Å². The number of aryl methyl sites for hydroxylation is 2. The molecule has 0 spiro atoms. The minimum Gasteiger partial charge on any atom is -0.394 e. The van der Waals surface area contributed by atoms with E-state index < -0.39 is 0 Å². The van der Waals surface area contributed by atoms with Gasteiger partial charge in [0.15, 0.2) is 0 Å². The third-order valence-corrected chi connectivity index (χ3v) is 3.12. The van der Waals surface area contributed by atoms with Crippen molar-refractivity contribution in [2.75, 3.05) is 11.1 Å². The Balaban J connectivity index is 2.82. The second-order valence-corrected chi connectivity index (χ2v) is 4.62. The monoisotopic (exact) mass is 238 g/mol. The number of nitrogens with zero attached hydrogens (tertiary/aromatic N) is 2. The van der Waals surface area contributed by atoms with Crippen molar-refractivity contribution in [3.8, 4) is 0 Å². The predicted molar refractivity (Wildman–Crippen MR) is 74.2 cm³/mol. The number of aromatic nitrogens is 2. The Morgan fingerprint density at radius 3 is 2.53 bits per heavy atom. The van der Waals surface area contributed by atoms with E-state index in [0.29, 0.717) is 6.04 Å². The van der Waals surface area contributed by atoms with Gasteiger partial charge in [-0.15, -0.1) is 0 Å². The van der Waals surface area contributed by atoms with E-state index >= 15 is 0 Å². The molecule has 0 saturated heterocycles. The molecule has 1 heterocycles. The summed E-state index contributed by atoms with van der Waals surface area (Å²) in [5.74, 6) is 0.980. The molecule has 0 aliphatic carbocycles. The molecule has 1 aromatic rings. The predicted octanol–water partition coefficient (Wildman–Crippen LogP) is 2.95. The normalized spacial score (nSPS) is 12.7. The lowest BCUT2D eigenvalue weighted by molar-refractivity contribution is 0.611. The zero-order valence-electron chi connectivity index (χ0n) is 11.6. The summed E-state index contributed by atoms with van der Waals surface area (Å²) in [4.78, 5) is 0. The molecule has 3 N–H and O–H groups in total. The maximum atomic E-state index is 6.14. The van der Waals surface area contributed by atoms with E-state index in [9.17, 15) is 0 Å². The number of anilines is 2. The molecular weight excluding hydrogens is 212 g/mol. The van der Waals surface area contributed by atoms with Crippen LogP contribution >= 0.6 is 0 Å². The Morgan fingerprint density at radius 1 is 1.29 bits per heavy atom. The molecule has 1 rings (SSSR count). The van der Waals surface area contributed by atoms with Crippen LogP contribution in [-0.4, -0.2) is 15.8 Å². The Hall–Kier alpha value is -1.19. The average Bonchev–Trinajstić information content (AvgIpc) is 2.56. The Labute approximate surface area is 105 Å². The summed E-state index contributed by atoms with van der Waals surface area (Å²) in [5, 5.41) is 8.00. The number of hydrogen-bond acceptors (Lipinski definition) is 3. The minimum atomic E-state index is 0.493. The summed E-state index contributed by atoms with van der Waals surface area (Å²) in [6, 6.07) is 0.493. The molecule has 17 heavy (non-hydrogen) atoms. The highest BCUT2D eigenvalue weighted by Crippen LogP contribution is 2.24. The van der Waals surface area contributed by atoms with Gasteiger partial charge in [0.05, 0.1) is 11.4 Å². The smallest absolute Gasteiger partial charge is 0.147 e. The van der Waals surface area contributed by atoms with Crippen molar-refractivity contribution in [3.05, 3.63) is 5.69 Å². The molecule has 0 amide bonds. The van der Waals surface area contributed by atoms with Gasteiger partial charge in [-0.2, -0.15) is 5.10 Å². The summed E-state index contributed by atoms with van der Waals surface area (Å²) >= 11 is 0. The molecule has 0 fully saturated rings. The maximum absolute atomic E-state index is 6.14. The van der Waals surface area contributed by atoms with Gasteiger partial charge in [-0.3, -0.25) is 4.68 Å². The second-order valence-electron chi connectivity index (χ2n) is 4.62. The Kier molecular flexibility index (Phi) is 5.32. The summed E-state index contributed by atoms with van der Waals surface area (Å²) in [6.45, 7) is 6.56. The first-order chi connectivity index (χ1) is 8.13. The van der Waals surface area contributed by atoms with Crippen molar-refractivity contribution in [1.82, 2.24) is 9.78 Å². The zero-order valence-corrected chi connectivity index (χ0v) is 11.6. The SMILES string of the molecule is CCCc1nn(C)c(NC(CC)CCC)c1N. The van der Waals surface area contributed by atoms with Gasteiger partial charge < -0.3 is 11.1 Å². The third-order valence-electron chi connectivity index (χ3n) is 3.12. The van der Waals surface area contributed by atoms with Crippen molar-refractivity contribution in [2.45, 2.75) is 58.9 Å². The van der Waals surface area contributed by atoms with Gasteiger partial charge in [0.1, 0.15) is 5.82 Å². The second kappa shape index (κ2) is 6.52. The number of hydrogen-bond donors (Lipinski definition) is 2. The van der Waals surface area contributed by atoms with Gasteiger partial charge in [0, 0.05) is 13.1 Å². The van der Waals surface area contributed by atoms with Crippen LogP contribution in [0, 0.1) is 0 Å². The first-order valence-electron chi connectivity index (χ1n) is 6.71. The van der Waals surface area contributed by atoms with Gasteiger partial charge in [-0.1, -0.05) is 33.6 Å². The molecule has 0 radical (unpaired) electrons. The fourth-order valence-electron chi connectivity index (χ4n) is 2.11. The van der Waals surface area contributed by atoms with Crippen LogP contribution in [0.25, 0.3) is 0 Å². The lowest BCUT2D eigenvalue weighted by Gasteiger charge is -2.17. The van der Waals surface area contributed by atoms with Gasteiger partial charge in [0.25, 0.3) is 0 Å². The highest BCUT2D eigenvalue weighted by Gasteiger charge is 2.15. The van der Waals surface area contributed by atoms with Crippen molar-refractivity contribution in [3.63, 3.8) is 0 Å². The number of nitrogens with two attached hydrogens (primary N) is 1. The van der Waals surface area contributed by atoms with Crippen LogP contribution in [0.4, 0.5) is 11.5 Å². The van der Waals surface area contributed by atoms with Crippen molar-refractivity contribution in [1.29, 1.82) is 0 Å². The molecule has 0 aromatic carbocycles. The number of nitrogens with one attached hydrogen (secondary N) is 1. The molecule has 1 unspecified atom stereocenters. The largest absolute Gasteiger partial charge is 0.394 e. The Bertz CT molecular complexity index is 343. The molecular formula is C13H26N4. The summed E-state index contributed by atoms with van der Waals surface area (Å²) < 4.78 is 1.87. The molecule has 0 aliphatic heterocycles. The van der Waals surface area contributed by atoms with Gasteiger partial charge in [-0.25, -0.2) is 0 Å². The zero-order chi connectivity index (χ0) is 12.8. The van der Waals surface area contributed by atoms with E-state index in [1.54, 1.807) is 0 Å². The molecule has 1 atom stereocenters. The molecule has 4 nitrogen and oxygen atoms in total. The van der Waals surface area contributed by atoms with Crippen molar-refractivity contribution >= 4 is 11.5 Å². The van der Waals surface area contributed by atoms with Crippen LogP contribution in [-0.2, 0) is 13.5 Å². The lowest BCUT2D eigenvalue weighted by Crippen LogP contribution is -2.20. The molecule has 0 bridgehead atoms. The summed E-state index contributed by atoms with van der Waals surface area (Å²) in [5.41, 5.74) is 7.98. The highest BCUT2D eigenvalue weighted by molar-refractivity contribution is 5.65. The third kappa shape index (κ3) is 3.38. The minimum absolute atomic E-state index is 0.493. The fourth-order valence-corrected chi connectivity index (χ4v) is 2.11. The quantitative estimate of drug-likeness (QED) is 0.768. The van der Waals surface area contributed by atoms with Crippen LogP contribution in [0.5, 0.6) is 0 Å². The average molecular weight is 238 g/mol. The first kappa shape index (κ1) is 13.9. The summed E-state index contributed by atoms with van der Waals surface area (Å²) in [6.07, 6.45) is 5.50. The van der Waals surface area contributed by atoms with E-state index in [4.69, 9.17) is 5.73 Å². The topological polar surface area (TPSA) is 55.9 Å². The van der Waals surface area contributed by atoms with Gasteiger partial charge >= 0.3 is 0 Å². The molecule has 98 valence electrons. The van der Waals surface area contributed by atoms with Crippen molar-refractivity contribution in [2.24, 2.45) is 7.05 Å². The van der Waals surface area contributed by atoms with Gasteiger partial charge in [-0.05, 0) is 19.3 Å². The van der Waals surface area contributed by atoms with Crippen LogP contribution in [0.1, 0.15) is 52.1 Å². The number of nitrogen functional groups attached to an aromatic ring is 1. The molecule has 0 saturated carbocycles. The molecule has 0 aliphatic rings. The first-order valence-corrected chi connectivity index (χ1v) is 6.71. The number of rotatable bonds is 7. The van der Waals surface area contributed by atoms with E-state index in [-0.39, 0.29) is 0 Å². The summed E-state index contributed by atoms with van der Waals surface area (Å²) in [7, 11) is 1.95. The standard InChI is InChI=1S/C13H26N4/c1-5-8-10(7-3)15-13-12(14)11(9-6-2)16-17(13)4/h10,15H,5-9,14H2,1-4H3. The Morgan fingerprint density at radius 2 is 2.00 bits per heavy atom. The van der Waals surface area contributed by atoms with Crippen LogP contribution in [0.2, 0.25) is 0 Å². The highest BCUT2D eigenvalue weighted by atomic mass is 15.3. The maximum Gasteiger partial charge on any atom is 0.147 e. The van der Waals surface area contributed by atoms with E-state index in [2.05, 4.69) is 31.2 Å². The van der Waals surface area contributed by atoms with E-state index in [0.717, 1.165) is 36.5 Å². The molecule has 4 heteroatoms. The lowest BCUT2D eigenvalue weighted by atomic mass is 10.1. The van der Waals surface area contributed by atoms with E-state index in [1.165, 1.54) is 12.8 Å². The van der Waals surface area contributed by atoms with E-state index in [1.807, 2.05) is 11.7 Å². The fraction of sp³-hybridized carbons (Fsp3) is 0.769. The van der Waals surface area contributed by atoms with Crippen LogP contribution in [0.15, 0.2) is 0 Å². The van der Waals surface area contributed by atoms with Crippen LogP contribution in [0.3, 0.4) is 0 Å². The van der Waals surface area contributed by atoms with Gasteiger partial charge in [0.2, 0.25) is 0 Å².